The Morgan fingerprint density at radius 1 is 0.793 bits per heavy atom. The molecule has 1 nitrogen and oxygen atoms in total. The van der Waals surface area contributed by atoms with E-state index in [1.807, 2.05) is 0 Å². The molecular formula is C28H51N. The Balaban J connectivity index is 2.71. The van der Waals surface area contributed by atoms with Crippen LogP contribution in [0.3, 0.4) is 0 Å². The van der Waals surface area contributed by atoms with E-state index in [0.717, 1.165) is 23.7 Å². The van der Waals surface area contributed by atoms with Gasteiger partial charge in [0.05, 0.1) is 0 Å². The van der Waals surface area contributed by atoms with Crippen LogP contribution in [0.1, 0.15) is 106 Å². The molecule has 0 amide bonds. The summed E-state index contributed by atoms with van der Waals surface area (Å²) in [5.41, 5.74) is 8.13. The van der Waals surface area contributed by atoms with E-state index in [9.17, 15) is 0 Å². The second-order valence-corrected chi connectivity index (χ2v) is 11.3. The first kappa shape index (κ1) is 26.2. The van der Waals surface area contributed by atoms with Crippen molar-refractivity contribution in [2.24, 2.45) is 46.7 Å². The van der Waals surface area contributed by atoms with Crippen molar-refractivity contribution in [3.8, 4) is 0 Å². The minimum absolute atomic E-state index is 0.0778. The molecule has 4 unspecified atom stereocenters. The minimum Gasteiger partial charge on any atom is -0.323 e. The largest absolute Gasteiger partial charge is 0.323 e. The Morgan fingerprint density at radius 3 is 1.83 bits per heavy atom. The molecule has 0 aliphatic heterocycles. The number of hydrogen-bond acceptors (Lipinski definition) is 1. The highest BCUT2D eigenvalue weighted by Crippen LogP contribution is 2.45. The topological polar surface area (TPSA) is 26.0 Å². The van der Waals surface area contributed by atoms with Crippen LogP contribution < -0.4 is 5.73 Å². The molecule has 0 bridgehead atoms. The Morgan fingerprint density at radius 2 is 1.34 bits per heavy atom. The molecule has 0 heterocycles. The quantitative estimate of drug-likeness (QED) is 0.329. The van der Waals surface area contributed by atoms with Gasteiger partial charge in [0.25, 0.3) is 0 Å². The molecule has 1 aromatic carbocycles. The van der Waals surface area contributed by atoms with Crippen molar-refractivity contribution < 1.29 is 0 Å². The van der Waals surface area contributed by atoms with E-state index < -0.39 is 0 Å². The average Bonchev–Trinajstić information content (AvgIpc) is 2.65. The zero-order chi connectivity index (χ0) is 22.2. The van der Waals surface area contributed by atoms with Crippen molar-refractivity contribution in [3.63, 3.8) is 0 Å². The third-order valence-electron chi connectivity index (χ3n) is 7.71. The maximum absolute atomic E-state index is 6.79. The molecule has 0 saturated carbocycles. The SMILES string of the molecule is CC(C)CC(CCCCC(C(C)C)C(C)C(C)(C)C(N)c1ccccc1)C(C)C. The van der Waals surface area contributed by atoms with Gasteiger partial charge in [0.1, 0.15) is 0 Å². The van der Waals surface area contributed by atoms with Crippen LogP contribution >= 0.6 is 0 Å². The summed E-state index contributed by atoms with van der Waals surface area (Å²) in [5, 5.41) is 0. The molecule has 0 aliphatic carbocycles. The standard InChI is InChI=1S/C28H51N/c1-20(2)19-25(21(3)4)17-13-14-18-26(22(5)6)23(7)28(8,9)27(29)24-15-11-10-12-16-24/h10-12,15-16,20-23,25-27H,13-14,17-19,29H2,1-9H3. The first-order chi connectivity index (χ1) is 13.5. The predicted octanol–water partition coefficient (Wildman–Crippen LogP) is 8.50. The van der Waals surface area contributed by atoms with Gasteiger partial charge in [-0.1, -0.05) is 112 Å². The van der Waals surface area contributed by atoms with Gasteiger partial charge in [-0.25, -0.2) is 0 Å². The maximum atomic E-state index is 6.79. The summed E-state index contributed by atoms with van der Waals surface area (Å²) in [6.45, 7) is 21.5. The number of nitrogens with two attached hydrogens (primary N) is 1. The Bertz CT molecular complexity index is 543. The van der Waals surface area contributed by atoms with Gasteiger partial charge in [0.2, 0.25) is 0 Å². The van der Waals surface area contributed by atoms with Crippen molar-refractivity contribution in [2.45, 2.75) is 100 Å². The Kier molecular flexibility index (Phi) is 11.0. The lowest BCUT2D eigenvalue weighted by atomic mass is 9.63. The van der Waals surface area contributed by atoms with Gasteiger partial charge >= 0.3 is 0 Å². The van der Waals surface area contributed by atoms with E-state index in [4.69, 9.17) is 5.73 Å². The van der Waals surface area contributed by atoms with Crippen molar-refractivity contribution in [3.05, 3.63) is 35.9 Å². The van der Waals surface area contributed by atoms with Crippen molar-refractivity contribution in [1.29, 1.82) is 0 Å². The second kappa shape index (κ2) is 12.1. The van der Waals surface area contributed by atoms with Gasteiger partial charge in [-0.3, -0.25) is 0 Å². The zero-order valence-electron chi connectivity index (χ0n) is 21.0. The zero-order valence-corrected chi connectivity index (χ0v) is 21.0. The monoisotopic (exact) mass is 401 g/mol. The second-order valence-electron chi connectivity index (χ2n) is 11.3. The van der Waals surface area contributed by atoms with Crippen LogP contribution in [-0.2, 0) is 0 Å². The third-order valence-corrected chi connectivity index (χ3v) is 7.71. The van der Waals surface area contributed by atoms with E-state index >= 15 is 0 Å². The summed E-state index contributed by atoms with van der Waals surface area (Å²) < 4.78 is 0. The molecule has 0 fully saturated rings. The number of hydrogen-bond donors (Lipinski definition) is 1. The molecule has 4 atom stereocenters. The molecule has 0 spiro atoms. The number of unbranched alkanes of at least 4 members (excludes halogenated alkanes) is 1. The molecule has 0 aromatic heterocycles. The summed E-state index contributed by atoms with van der Waals surface area (Å²) in [6, 6.07) is 10.7. The summed E-state index contributed by atoms with van der Waals surface area (Å²) in [6.07, 6.45) is 6.82. The van der Waals surface area contributed by atoms with Crippen LogP contribution in [0, 0.1) is 40.9 Å². The molecule has 0 aliphatic rings. The van der Waals surface area contributed by atoms with Gasteiger partial charge in [-0.05, 0) is 59.3 Å². The third kappa shape index (κ3) is 8.08. The predicted molar refractivity (Wildman–Crippen MR) is 131 cm³/mol. The van der Waals surface area contributed by atoms with Crippen LogP contribution in [0.25, 0.3) is 0 Å². The van der Waals surface area contributed by atoms with Crippen LogP contribution in [0.5, 0.6) is 0 Å². The fraction of sp³-hybridized carbons (Fsp3) is 0.786. The van der Waals surface area contributed by atoms with Crippen LogP contribution in [-0.4, -0.2) is 0 Å². The normalized spacial score (nSPS) is 17.0. The van der Waals surface area contributed by atoms with Crippen molar-refractivity contribution in [2.75, 3.05) is 0 Å². The lowest BCUT2D eigenvalue weighted by molar-refractivity contribution is 0.0863. The highest BCUT2D eigenvalue weighted by Gasteiger charge is 2.38. The molecule has 0 radical (unpaired) electrons. The highest BCUT2D eigenvalue weighted by molar-refractivity contribution is 5.21. The van der Waals surface area contributed by atoms with Crippen LogP contribution in [0.4, 0.5) is 0 Å². The minimum atomic E-state index is 0.0778. The first-order valence-electron chi connectivity index (χ1n) is 12.3. The lowest BCUT2D eigenvalue weighted by Crippen LogP contribution is -2.39. The molecule has 168 valence electrons. The summed E-state index contributed by atoms with van der Waals surface area (Å²) in [7, 11) is 0. The molecular weight excluding hydrogens is 350 g/mol. The fourth-order valence-corrected chi connectivity index (χ4v) is 5.20. The van der Waals surface area contributed by atoms with Gasteiger partial charge in [-0.2, -0.15) is 0 Å². The lowest BCUT2D eigenvalue weighted by Gasteiger charge is -2.43. The molecule has 29 heavy (non-hydrogen) atoms. The molecule has 2 N–H and O–H groups in total. The first-order valence-corrected chi connectivity index (χ1v) is 12.3. The van der Waals surface area contributed by atoms with E-state index in [0.29, 0.717) is 11.8 Å². The van der Waals surface area contributed by atoms with E-state index in [1.165, 1.54) is 37.7 Å². The van der Waals surface area contributed by atoms with Gasteiger partial charge < -0.3 is 5.73 Å². The smallest absolute Gasteiger partial charge is 0.0349 e. The Hall–Kier alpha value is -0.820. The highest BCUT2D eigenvalue weighted by atomic mass is 14.7. The Labute approximate surface area is 183 Å². The van der Waals surface area contributed by atoms with Crippen molar-refractivity contribution in [1.82, 2.24) is 0 Å². The number of rotatable bonds is 13. The maximum Gasteiger partial charge on any atom is 0.0349 e. The average molecular weight is 402 g/mol. The van der Waals surface area contributed by atoms with Crippen LogP contribution in [0.2, 0.25) is 0 Å². The summed E-state index contributed by atoms with van der Waals surface area (Å²) in [5.74, 6) is 4.51. The van der Waals surface area contributed by atoms with Gasteiger partial charge in [0, 0.05) is 6.04 Å². The van der Waals surface area contributed by atoms with Gasteiger partial charge in [-0.15, -0.1) is 0 Å². The van der Waals surface area contributed by atoms with E-state index in [2.05, 4.69) is 92.6 Å². The molecule has 1 heteroatoms. The van der Waals surface area contributed by atoms with E-state index in [1.54, 1.807) is 0 Å². The molecule has 0 saturated heterocycles. The number of benzene rings is 1. The van der Waals surface area contributed by atoms with Crippen molar-refractivity contribution >= 4 is 0 Å². The van der Waals surface area contributed by atoms with Crippen LogP contribution in [0.15, 0.2) is 30.3 Å². The van der Waals surface area contributed by atoms with Gasteiger partial charge in [0.15, 0.2) is 0 Å². The molecule has 1 rings (SSSR count). The molecule has 1 aromatic rings. The summed E-state index contributed by atoms with van der Waals surface area (Å²) >= 11 is 0. The fourth-order valence-electron chi connectivity index (χ4n) is 5.20. The van der Waals surface area contributed by atoms with E-state index in [-0.39, 0.29) is 11.5 Å². The summed E-state index contributed by atoms with van der Waals surface area (Å²) in [4.78, 5) is 0.